The normalized spacial score (nSPS) is 10.4. The van der Waals surface area contributed by atoms with Gasteiger partial charge in [-0.1, -0.05) is 12.1 Å². The van der Waals surface area contributed by atoms with Gasteiger partial charge >= 0.3 is 0 Å². The highest BCUT2D eigenvalue weighted by molar-refractivity contribution is 7.88. The Morgan fingerprint density at radius 2 is 1.53 bits per heavy atom. The minimum Gasteiger partial charge on any atom is -0.212 e. The summed E-state index contributed by atoms with van der Waals surface area (Å²) >= 11 is 0. The number of sulfonamides is 1. The zero-order valence-electron chi connectivity index (χ0n) is 9.94. The van der Waals surface area contributed by atoms with Gasteiger partial charge in [0.15, 0.2) is 0 Å². The van der Waals surface area contributed by atoms with Crippen molar-refractivity contribution in [3.8, 4) is 18.2 Å². The first-order valence-corrected chi connectivity index (χ1v) is 6.85. The Kier molecular flexibility index (Phi) is 5.02. The van der Waals surface area contributed by atoms with Crippen molar-refractivity contribution < 1.29 is 8.42 Å². The molecule has 19 heavy (non-hydrogen) atoms. The molecule has 0 spiro atoms. The van der Waals surface area contributed by atoms with Gasteiger partial charge in [-0.25, -0.2) is 8.42 Å². The molecule has 0 fully saturated rings. The third-order valence-corrected chi connectivity index (χ3v) is 4.06. The van der Waals surface area contributed by atoms with E-state index in [9.17, 15) is 8.42 Å². The van der Waals surface area contributed by atoms with Gasteiger partial charge in [0.25, 0.3) is 0 Å². The molecule has 0 aliphatic rings. The molecule has 0 unspecified atom stereocenters. The molecule has 7 heteroatoms. The van der Waals surface area contributed by atoms with Crippen LogP contribution in [0.5, 0.6) is 0 Å². The largest absolute Gasteiger partial charge is 0.220 e. The Balaban J connectivity index is 2.92. The van der Waals surface area contributed by atoms with Crippen molar-refractivity contribution >= 4 is 10.0 Å². The summed E-state index contributed by atoms with van der Waals surface area (Å²) in [5.74, 6) is -0.304. The van der Waals surface area contributed by atoms with Gasteiger partial charge < -0.3 is 0 Å². The summed E-state index contributed by atoms with van der Waals surface area (Å²) in [6, 6.07) is 11.5. The fraction of sp³-hybridized carbons (Fsp3) is 0.250. The van der Waals surface area contributed by atoms with Crippen LogP contribution in [0.1, 0.15) is 11.1 Å². The molecule has 0 aliphatic carbocycles. The van der Waals surface area contributed by atoms with Crippen molar-refractivity contribution in [3.63, 3.8) is 0 Å². The standard InChI is InChI=1S/C12H10N4O2S/c13-5-7-16(8-6-14)19(17,18)10-12-3-1-11(9-15)2-4-12/h1-4H,7-8,10H2. The molecule has 6 nitrogen and oxygen atoms in total. The van der Waals surface area contributed by atoms with Gasteiger partial charge in [-0.15, -0.1) is 0 Å². The molecular formula is C12H10N4O2S. The van der Waals surface area contributed by atoms with Gasteiger partial charge in [-0.05, 0) is 17.7 Å². The minimum atomic E-state index is -3.71. The molecule has 0 aliphatic heterocycles. The van der Waals surface area contributed by atoms with Crippen LogP contribution in [0.3, 0.4) is 0 Å². The lowest BCUT2D eigenvalue weighted by Gasteiger charge is -2.15. The summed E-state index contributed by atoms with van der Waals surface area (Å²) in [5.41, 5.74) is 0.937. The Morgan fingerprint density at radius 1 is 1.00 bits per heavy atom. The van der Waals surface area contributed by atoms with Crippen molar-refractivity contribution in [1.29, 1.82) is 15.8 Å². The monoisotopic (exact) mass is 274 g/mol. The first-order chi connectivity index (χ1) is 9.03. The summed E-state index contributed by atoms with van der Waals surface area (Å²) in [5, 5.41) is 25.8. The topological polar surface area (TPSA) is 109 Å². The van der Waals surface area contributed by atoms with Crippen LogP contribution in [0.4, 0.5) is 0 Å². The molecule has 1 rings (SSSR count). The van der Waals surface area contributed by atoms with Gasteiger partial charge in [-0.3, -0.25) is 0 Å². The second-order valence-electron chi connectivity index (χ2n) is 3.65. The quantitative estimate of drug-likeness (QED) is 0.735. The number of rotatable bonds is 5. The number of hydrogen-bond acceptors (Lipinski definition) is 5. The predicted octanol–water partition coefficient (Wildman–Crippen LogP) is 0.737. The number of hydrogen-bond donors (Lipinski definition) is 0. The van der Waals surface area contributed by atoms with E-state index in [2.05, 4.69) is 0 Å². The molecule has 0 amide bonds. The molecule has 0 atom stereocenters. The van der Waals surface area contributed by atoms with Crippen molar-refractivity contribution in [2.75, 3.05) is 13.1 Å². The SMILES string of the molecule is N#CCN(CC#N)S(=O)(=O)Cc1ccc(C#N)cc1. The van der Waals surface area contributed by atoms with E-state index in [-0.39, 0.29) is 18.8 Å². The van der Waals surface area contributed by atoms with Crippen LogP contribution in [0.25, 0.3) is 0 Å². The molecule has 0 aromatic heterocycles. The van der Waals surface area contributed by atoms with E-state index >= 15 is 0 Å². The van der Waals surface area contributed by atoms with Crippen molar-refractivity contribution in [2.45, 2.75) is 5.75 Å². The lowest BCUT2D eigenvalue weighted by molar-refractivity contribution is 0.478. The Hall–Kier alpha value is -2.40. The van der Waals surface area contributed by atoms with Crippen molar-refractivity contribution in [2.24, 2.45) is 0 Å². The number of benzene rings is 1. The Bertz CT molecular complexity index is 644. The van der Waals surface area contributed by atoms with Gasteiger partial charge in [0.1, 0.15) is 13.1 Å². The Morgan fingerprint density at radius 3 is 1.95 bits per heavy atom. The van der Waals surface area contributed by atoms with E-state index in [1.807, 2.05) is 6.07 Å². The molecule has 1 aromatic rings. The minimum absolute atomic E-state index is 0.304. The van der Waals surface area contributed by atoms with Crippen molar-refractivity contribution in [1.82, 2.24) is 4.31 Å². The Labute approximate surface area is 111 Å². The smallest absolute Gasteiger partial charge is 0.212 e. The van der Waals surface area contributed by atoms with E-state index in [4.69, 9.17) is 15.8 Å². The third-order valence-electron chi connectivity index (χ3n) is 2.32. The summed E-state index contributed by atoms with van der Waals surface area (Å²) in [4.78, 5) is 0. The average molecular weight is 274 g/mol. The highest BCUT2D eigenvalue weighted by Crippen LogP contribution is 2.11. The fourth-order valence-corrected chi connectivity index (χ4v) is 2.69. The summed E-state index contributed by atoms with van der Waals surface area (Å²) in [7, 11) is -3.71. The van der Waals surface area contributed by atoms with Crippen LogP contribution in [-0.2, 0) is 15.8 Å². The van der Waals surface area contributed by atoms with Crippen LogP contribution in [0, 0.1) is 34.0 Å². The highest BCUT2D eigenvalue weighted by atomic mass is 32.2. The third kappa shape index (κ3) is 4.08. The molecule has 0 N–H and O–H groups in total. The van der Waals surface area contributed by atoms with Crippen LogP contribution >= 0.6 is 0 Å². The van der Waals surface area contributed by atoms with E-state index in [1.54, 1.807) is 12.1 Å². The molecular weight excluding hydrogens is 264 g/mol. The van der Waals surface area contributed by atoms with Gasteiger partial charge in [0.2, 0.25) is 10.0 Å². The second kappa shape index (κ2) is 6.51. The first kappa shape index (κ1) is 14.7. The molecule has 0 saturated heterocycles. The summed E-state index contributed by atoms with van der Waals surface area (Å²) in [6.07, 6.45) is 0. The fourth-order valence-electron chi connectivity index (χ4n) is 1.39. The van der Waals surface area contributed by atoms with Gasteiger partial charge in [-0.2, -0.15) is 20.1 Å². The van der Waals surface area contributed by atoms with Crippen LogP contribution < -0.4 is 0 Å². The lowest BCUT2D eigenvalue weighted by atomic mass is 10.2. The summed E-state index contributed by atoms with van der Waals surface area (Å²) < 4.78 is 24.8. The maximum absolute atomic E-state index is 12.0. The maximum Gasteiger partial charge on any atom is 0.220 e. The second-order valence-corrected chi connectivity index (χ2v) is 5.62. The number of nitrogens with zero attached hydrogens (tertiary/aromatic N) is 4. The molecule has 0 bridgehead atoms. The highest BCUT2D eigenvalue weighted by Gasteiger charge is 2.21. The lowest BCUT2D eigenvalue weighted by Crippen LogP contribution is -2.32. The first-order valence-electron chi connectivity index (χ1n) is 5.24. The van der Waals surface area contributed by atoms with Gasteiger partial charge in [0.05, 0.1) is 29.5 Å². The summed E-state index contributed by atoms with van der Waals surface area (Å²) in [6.45, 7) is -0.710. The van der Waals surface area contributed by atoms with Crippen molar-refractivity contribution in [3.05, 3.63) is 35.4 Å². The van der Waals surface area contributed by atoms with E-state index in [0.717, 1.165) is 4.31 Å². The predicted molar refractivity (Wildman–Crippen MR) is 66.6 cm³/mol. The molecule has 1 aromatic carbocycles. The van der Waals surface area contributed by atoms with Crippen LogP contribution in [0.2, 0.25) is 0 Å². The average Bonchev–Trinajstić information content (AvgIpc) is 2.39. The molecule has 96 valence electrons. The van der Waals surface area contributed by atoms with Crippen LogP contribution in [-0.4, -0.2) is 25.8 Å². The number of nitriles is 3. The van der Waals surface area contributed by atoms with Gasteiger partial charge in [0, 0.05) is 0 Å². The molecule has 0 radical (unpaired) electrons. The zero-order valence-corrected chi connectivity index (χ0v) is 10.8. The zero-order chi connectivity index (χ0) is 14.3. The molecule has 0 heterocycles. The van der Waals surface area contributed by atoms with E-state index < -0.39 is 10.0 Å². The van der Waals surface area contributed by atoms with Crippen LogP contribution in [0.15, 0.2) is 24.3 Å². The van der Waals surface area contributed by atoms with E-state index in [1.165, 1.54) is 24.3 Å². The van der Waals surface area contributed by atoms with E-state index in [0.29, 0.717) is 11.1 Å². The maximum atomic E-state index is 12.0. The molecule has 0 saturated carbocycles.